The maximum Gasteiger partial charge on any atom is 0.0877 e. The van der Waals surface area contributed by atoms with E-state index in [0.717, 1.165) is 26.2 Å². The Morgan fingerprint density at radius 1 is 1.26 bits per heavy atom. The second-order valence-electron chi connectivity index (χ2n) is 5.95. The fourth-order valence-corrected chi connectivity index (χ4v) is 2.54. The van der Waals surface area contributed by atoms with Crippen LogP contribution in [0.1, 0.15) is 25.3 Å². The van der Waals surface area contributed by atoms with E-state index in [2.05, 4.69) is 62.0 Å². The number of nitrogens with zero attached hydrogens (tertiary/aromatic N) is 2. The molecule has 0 N–H and O–H groups in total. The van der Waals surface area contributed by atoms with Crippen LogP contribution in [0.4, 0.5) is 5.69 Å². The molecule has 1 aromatic rings. The number of hydrogen-bond acceptors (Lipinski definition) is 3. The summed E-state index contributed by atoms with van der Waals surface area (Å²) in [6, 6.07) is 8.98. The lowest BCUT2D eigenvalue weighted by atomic mass is 10.0. The van der Waals surface area contributed by atoms with Gasteiger partial charge in [0.15, 0.2) is 0 Å². The number of likely N-dealkylation sites (N-methyl/N-ethyl adjacent to an activating group) is 1. The summed E-state index contributed by atoms with van der Waals surface area (Å²) in [4.78, 5) is 4.62. The van der Waals surface area contributed by atoms with Gasteiger partial charge in [0.1, 0.15) is 0 Å². The molecule has 1 aliphatic rings. The number of hydrogen-bond donors (Lipinski definition) is 0. The van der Waals surface area contributed by atoms with Gasteiger partial charge in [-0.2, -0.15) is 0 Å². The van der Waals surface area contributed by atoms with Gasteiger partial charge in [0.25, 0.3) is 0 Å². The van der Waals surface area contributed by atoms with Crippen LogP contribution in [0.25, 0.3) is 0 Å². The van der Waals surface area contributed by atoms with E-state index in [1.807, 2.05) is 0 Å². The molecule has 0 aromatic heterocycles. The average Bonchev–Trinajstić information content (AvgIpc) is 2.38. The van der Waals surface area contributed by atoms with Crippen LogP contribution in [0.15, 0.2) is 24.3 Å². The van der Waals surface area contributed by atoms with E-state index < -0.39 is 0 Å². The summed E-state index contributed by atoms with van der Waals surface area (Å²) >= 11 is 0. The highest BCUT2D eigenvalue weighted by molar-refractivity contribution is 5.48. The van der Waals surface area contributed by atoms with Crippen molar-refractivity contribution in [2.24, 2.45) is 0 Å². The van der Waals surface area contributed by atoms with Crippen LogP contribution < -0.4 is 4.90 Å². The maximum absolute atomic E-state index is 5.82. The molecule has 0 bridgehead atoms. The molecule has 1 saturated heterocycles. The standard InChI is InChI=1S/C16H26N2O/c1-13(2)14-5-7-15(8-6-14)18-9-10-19-16(12-18)11-17(3)4/h5-8,13,16H,9-12H2,1-4H3/t16-/m1/s1. The van der Waals surface area contributed by atoms with Crippen LogP contribution in [0, 0.1) is 0 Å². The van der Waals surface area contributed by atoms with Crippen LogP contribution >= 0.6 is 0 Å². The number of benzene rings is 1. The first-order valence-electron chi connectivity index (χ1n) is 7.17. The van der Waals surface area contributed by atoms with Crippen LogP contribution in [0.2, 0.25) is 0 Å². The van der Waals surface area contributed by atoms with Crippen LogP contribution in [0.3, 0.4) is 0 Å². The highest BCUT2D eigenvalue weighted by Crippen LogP contribution is 2.22. The predicted molar refractivity (Wildman–Crippen MR) is 81.0 cm³/mol. The van der Waals surface area contributed by atoms with E-state index in [0.29, 0.717) is 12.0 Å². The Morgan fingerprint density at radius 3 is 2.53 bits per heavy atom. The molecule has 0 spiro atoms. The van der Waals surface area contributed by atoms with Gasteiger partial charge in [0, 0.05) is 25.3 Å². The second kappa shape index (κ2) is 6.40. The molecule has 0 aliphatic carbocycles. The minimum atomic E-state index is 0.313. The highest BCUT2D eigenvalue weighted by atomic mass is 16.5. The molecule has 0 radical (unpaired) electrons. The Kier molecular flexibility index (Phi) is 4.83. The van der Waals surface area contributed by atoms with Crippen molar-refractivity contribution in [1.29, 1.82) is 0 Å². The Balaban J connectivity index is 2.00. The molecule has 0 saturated carbocycles. The second-order valence-corrected chi connectivity index (χ2v) is 5.95. The number of anilines is 1. The van der Waals surface area contributed by atoms with Crippen molar-refractivity contribution in [1.82, 2.24) is 4.90 Å². The summed E-state index contributed by atoms with van der Waals surface area (Å²) in [5.74, 6) is 0.597. The topological polar surface area (TPSA) is 15.7 Å². The quantitative estimate of drug-likeness (QED) is 0.829. The van der Waals surface area contributed by atoms with Crippen LogP contribution in [-0.2, 0) is 4.74 Å². The van der Waals surface area contributed by atoms with E-state index in [1.54, 1.807) is 0 Å². The minimum Gasteiger partial charge on any atom is -0.373 e. The van der Waals surface area contributed by atoms with Gasteiger partial charge in [-0.05, 0) is 37.7 Å². The van der Waals surface area contributed by atoms with E-state index >= 15 is 0 Å². The van der Waals surface area contributed by atoms with Crippen molar-refractivity contribution in [2.45, 2.75) is 25.9 Å². The van der Waals surface area contributed by atoms with Crippen LogP contribution in [0.5, 0.6) is 0 Å². The van der Waals surface area contributed by atoms with Crippen molar-refractivity contribution in [3.63, 3.8) is 0 Å². The summed E-state index contributed by atoms with van der Waals surface area (Å²) in [5, 5.41) is 0. The molecule has 0 amide bonds. The Hall–Kier alpha value is -1.06. The smallest absolute Gasteiger partial charge is 0.0877 e. The van der Waals surface area contributed by atoms with Gasteiger partial charge in [0.05, 0.1) is 12.7 Å². The monoisotopic (exact) mass is 262 g/mol. The lowest BCUT2D eigenvalue weighted by Gasteiger charge is -2.35. The van der Waals surface area contributed by atoms with Crippen molar-refractivity contribution in [2.75, 3.05) is 45.2 Å². The third-order valence-corrected chi connectivity index (χ3v) is 3.63. The zero-order valence-electron chi connectivity index (χ0n) is 12.6. The summed E-state index contributed by atoms with van der Waals surface area (Å²) in [6.45, 7) is 8.25. The van der Waals surface area contributed by atoms with E-state index in [-0.39, 0.29) is 0 Å². The maximum atomic E-state index is 5.82. The lowest BCUT2D eigenvalue weighted by molar-refractivity contribution is 0.0248. The van der Waals surface area contributed by atoms with E-state index in [1.165, 1.54) is 11.3 Å². The molecule has 1 fully saturated rings. The molecule has 3 nitrogen and oxygen atoms in total. The minimum absolute atomic E-state index is 0.313. The van der Waals surface area contributed by atoms with Gasteiger partial charge in [-0.15, -0.1) is 0 Å². The molecule has 1 atom stereocenters. The van der Waals surface area contributed by atoms with Crippen molar-refractivity contribution in [3.8, 4) is 0 Å². The highest BCUT2D eigenvalue weighted by Gasteiger charge is 2.21. The van der Waals surface area contributed by atoms with Crippen LogP contribution in [-0.4, -0.2) is 51.3 Å². The molecular formula is C16H26N2O. The average molecular weight is 262 g/mol. The Morgan fingerprint density at radius 2 is 1.95 bits per heavy atom. The number of ether oxygens (including phenoxy) is 1. The summed E-state index contributed by atoms with van der Waals surface area (Å²) in [7, 11) is 4.19. The van der Waals surface area contributed by atoms with Gasteiger partial charge in [-0.1, -0.05) is 26.0 Å². The van der Waals surface area contributed by atoms with Gasteiger partial charge in [0.2, 0.25) is 0 Å². The zero-order chi connectivity index (χ0) is 13.8. The molecule has 2 rings (SSSR count). The van der Waals surface area contributed by atoms with Gasteiger partial charge in [-0.3, -0.25) is 0 Å². The summed E-state index contributed by atoms with van der Waals surface area (Å²) < 4.78 is 5.82. The molecular weight excluding hydrogens is 236 g/mol. The SMILES string of the molecule is CC(C)c1ccc(N2CCO[C@H](CN(C)C)C2)cc1. The van der Waals surface area contributed by atoms with Gasteiger partial charge < -0.3 is 14.5 Å². The molecule has 106 valence electrons. The Labute approximate surface area is 117 Å². The van der Waals surface area contributed by atoms with E-state index in [9.17, 15) is 0 Å². The third-order valence-electron chi connectivity index (χ3n) is 3.63. The fraction of sp³-hybridized carbons (Fsp3) is 0.625. The van der Waals surface area contributed by atoms with Crippen molar-refractivity contribution < 1.29 is 4.74 Å². The normalized spacial score (nSPS) is 20.3. The molecule has 3 heteroatoms. The van der Waals surface area contributed by atoms with Crippen molar-refractivity contribution >= 4 is 5.69 Å². The fourth-order valence-electron chi connectivity index (χ4n) is 2.54. The largest absolute Gasteiger partial charge is 0.373 e. The molecule has 1 aliphatic heterocycles. The summed E-state index contributed by atoms with van der Waals surface area (Å²) in [6.07, 6.45) is 0.313. The Bertz CT molecular complexity index is 386. The number of morpholine rings is 1. The number of rotatable bonds is 4. The summed E-state index contributed by atoms with van der Waals surface area (Å²) in [5.41, 5.74) is 2.72. The molecule has 1 aromatic carbocycles. The third kappa shape index (κ3) is 3.95. The first kappa shape index (κ1) is 14.4. The first-order valence-corrected chi connectivity index (χ1v) is 7.17. The van der Waals surface area contributed by atoms with E-state index in [4.69, 9.17) is 4.74 Å². The molecule has 1 heterocycles. The molecule has 19 heavy (non-hydrogen) atoms. The first-order chi connectivity index (χ1) is 9.06. The molecule has 0 unspecified atom stereocenters. The van der Waals surface area contributed by atoms with Gasteiger partial charge >= 0.3 is 0 Å². The predicted octanol–water partition coefficient (Wildman–Crippen LogP) is 2.58. The zero-order valence-corrected chi connectivity index (χ0v) is 12.6. The van der Waals surface area contributed by atoms with Gasteiger partial charge in [-0.25, -0.2) is 0 Å². The van der Waals surface area contributed by atoms with Crippen molar-refractivity contribution in [3.05, 3.63) is 29.8 Å². The lowest BCUT2D eigenvalue weighted by Crippen LogP contribution is -2.46.